The molecule has 0 fully saturated rings. The minimum Gasteiger partial charge on any atom is -0.480 e. The number of hydrogen-bond donors (Lipinski definition) is 2. The zero-order chi connectivity index (χ0) is 16.7. The molecule has 0 aliphatic carbocycles. The molecule has 1 aromatic carbocycles. The molecule has 1 heterocycles. The number of carbonyl (C=O) groups is 2. The van der Waals surface area contributed by atoms with Crippen molar-refractivity contribution >= 4 is 12.1 Å². The Bertz CT molecular complexity index is 673. The number of hydrogen-bond acceptors (Lipinski definition) is 4. The maximum Gasteiger partial charge on any atom is 0.408 e. The van der Waals surface area contributed by atoms with Gasteiger partial charge in [0.1, 0.15) is 12.6 Å². The molecule has 0 saturated heterocycles. The number of aromatic nitrogens is 1. The molecule has 0 spiro atoms. The fourth-order valence-corrected chi connectivity index (χ4v) is 2.03. The molecular formula is C17H18N2O4. The molecule has 1 atom stereocenters. The topological polar surface area (TPSA) is 88.5 Å². The summed E-state index contributed by atoms with van der Waals surface area (Å²) in [6.45, 7) is 1.93. The minimum absolute atomic E-state index is 0.0849. The number of aliphatic carboxylic acids is 1. The van der Waals surface area contributed by atoms with Gasteiger partial charge in [0.25, 0.3) is 0 Å². The highest BCUT2D eigenvalue weighted by atomic mass is 16.5. The monoisotopic (exact) mass is 314 g/mol. The Kier molecular flexibility index (Phi) is 5.68. The van der Waals surface area contributed by atoms with Gasteiger partial charge in [0.05, 0.1) is 0 Å². The molecule has 23 heavy (non-hydrogen) atoms. The zero-order valence-electron chi connectivity index (χ0n) is 12.7. The van der Waals surface area contributed by atoms with Gasteiger partial charge in [0.15, 0.2) is 0 Å². The average Bonchev–Trinajstić information content (AvgIpc) is 2.55. The van der Waals surface area contributed by atoms with Gasteiger partial charge in [0, 0.05) is 18.3 Å². The van der Waals surface area contributed by atoms with Crippen molar-refractivity contribution in [2.24, 2.45) is 0 Å². The lowest BCUT2D eigenvalue weighted by Gasteiger charge is -2.15. The Morgan fingerprint density at radius 2 is 1.96 bits per heavy atom. The van der Waals surface area contributed by atoms with Gasteiger partial charge in [-0.2, -0.15) is 0 Å². The van der Waals surface area contributed by atoms with Crippen molar-refractivity contribution in [2.75, 3.05) is 0 Å². The summed E-state index contributed by atoms with van der Waals surface area (Å²) < 4.78 is 5.04. The number of ether oxygens (including phenoxy) is 1. The average molecular weight is 314 g/mol. The van der Waals surface area contributed by atoms with Crippen molar-refractivity contribution in [1.82, 2.24) is 10.3 Å². The molecule has 1 amide bonds. The number of amides is 1. The van der Waals surface area contributed by atoms with Crippen molar-refractivity contribution in [3.8, 4) is 0 Å². The number of nitrogens with one attached hydrogen (secondary N) is 1. The number of aryl methyl sites for hydroxylation is 1. The number of carboxylic acids is 1. The summed E-state index contributed by atoms with van der Waals surface area (Å²) in [5.41, 5.74) is 2.33. The summed E-state index contributed by atoms with van der Waals surface area (Å²) in [6, 6.07) is 11.7. The molecule has 2 rings (SSSR count). The highest BCUT2D eigenvalue weighted by molar-refractivity contribution is 5.80. The summed E-state index contributed by atoms with van der Waals surface area (Å²) in [7, 11) is 0. The molecule has 0 radical (unpaired) electrons. The van der Waals surface area contributed by atoms with E-state index in [1.165, 1.54) is 0 Å². The van der Waals surface area contributed by atoms with Crippen LogP contribution in [0.25, 0.3) is 0 Å². The van der Waals surface area contributed by atoms with Crippen LogP contribution in [0, 0.1) is 6.92 Å². The van der Waals surface area contributed by atoms with E-state index < -0.39 is 18.1 Å². The summed E-state index contributed by atoms with van der Waals surface area (Å²) in [6.07, 6.45) is 0.923. The van der Waals surface area contributed by atoms with Gasteiger partial charge in [0.2, 0.25) is 0 Å². The Morgan fingerprint density at radius 3 is 2.61 bits per heavy atom. The minimum atomic E-state index is -1.13. The van der Waals surface area contributed by atoms with Crippen molar-refractivity contribution in [2.45, 2.75) is 26.0 Å². The van der Waals surface area contributed by atoms with Crippen LogP contribution in [-0.2, 0) is 22.6 Å². The van der Waals surface area contributed by atoms with Gasteiger partial charge >= 0.3 is 12.1 Å². The lowest BCUT2D eigenvalue weighted by Crippen LogP contribution is -2.42. The highest BCUT2D eigenvalue weighted by Gasteiger charge is 2.22. The van der Waals surface area contributed by atoms with Crippen molar-refractivity contribution in [3.63, 3.8) is 0 Å². The molecule has 0 aliphatic rings. The van der Waals surface area contributed by atoms with E-state index in [0.717, 1.165) is 11.1 Å². The number of alkyl carbamates (subject to hydrolysis) is 1. The molecule has 1 aromatic heterocycles. The van der Waals surface area contributed by atoms with Gasteiger partial charge in [-0.3, -0.25) is 4.98 Å². The number of carbonyl (C=O) groups excluding carboxylic acids is 1. The molecular weight excluding hydrogens is 296 g/mol. The van der Waals surface area contributed by atoms with E-state index in [2.05, 4.69) is 10.3 Å². The summed E-state index contributed by atoms with van der Waals surface area (Å²) >= 11 is 0. The van der Waals surface area contributed by atoms with E-state index in [1.807, 2.05) is 43.3 Å². The second-order valence-electron chi connectivity index (χ2n) is 5.07. The Hall–Kier alpha value is -2.89. The van der Waals surface area contributed by atoms with Crippen LogP contribution in [0.5, 0.6) is 0 Å². The van der Waals surface area contributed by atoms with E-state index >= 15 is 0 Å². The van der Waals surface area contributed by atoms with Crippen LogP contribution in [0.1, 0.15) is 16.8 Å². The molecule has 0 saturated carbocycles. The third-order valence-corrected chi connectivity index (χ3v) is 3.32. The van der Waals surface area contributed by atoms with Gasteiger partial charge in [-0.15, -0.1) is 0 Å². The third kappa shape index (κ3) is 5.10. The SMILES string of the molecule is Cc1cccnc1C[C@@H](NC(=O)OCc1ccccc1)C(=O)O. The van der Waals surface area contributed by atoms with Crippen LogP contribution < -0.4 is 5.32 Å². The quantitative estimate of drug-likeness (QED) is 0.854. The molecule has 120 valence electrons. The third-order valence-electron chi connectivity index (χ3n) is 3.32. The largest absolute Gasteiger partial charge is 0.480 e. The molecule has 6 nitrogen and oxygen atoms in total. The van der Waals surface area contributed by atoms with Crippen LogP contribution in [0.4, 0.5) is 4.79 Å². The lowest BCUT2D eigenvalue weighted by atomic mass is 10.1. The Balaban J connectivity index is 1.92. The van der Waals surface area contributed by atoms with Crippen LogP contribution in [0.15, 0.2) is 48.7 Å². The van der Waals surface area contributed by atoms with Crippen molar-refractivity contribution in [1.29, 1.82) is 0 Å². The van der Waals surface area contributed by atoms with Crippen LogP contribution >= 0.6 is 0 Å². The first-order valence-electron chi connectivity index (χ1n) is 7.17. The van der Waals surface area contributed by atoms with Gasteiger partial charge in [-0.1, -0.05) is 36.4 Å². The highest BCUT2D eigenvalue weighted by Crippen LogP contribution is 2.07. The maximum atomic E-state index is 11.8. The van der Waals surface area contributed by atoms with E-state index in [4.69, 9.17) is 4.74 Å². The second-order valence-corrected chi connectivity index (χ2v) is 5.07. The van der Waals surface area contributed by atoms with Crippen LogP contribution in [-0.4, -0.2) is 28.2 Å². The number of nitrogens with zero attached hydrogens (tertiary/aromatic N) is 1. The molecule has 0 unspecified atom stereocenters. The maximum absolute atomic E-state index is 11.8. The van der Waals surface area contributed by atoms with Gasteiger partial charge in [-0.25, -0.2) is 9.59 Å². The predicted molar refractivity (Wildman–Crippen MR) is 83.9 cm³/mol. The molecule has 0 aliphatic heterocycles. The Labute approximate surface area is 134 Å². The van der Waals surface area contributed by atoms with Crippen LogP contribution in [0.3, 0.4) is 0 Å². The normalized spacial score (nSPS) is 11.5. The second kappa shape index (κ2) is 7.93. The first-order valence-corrected chi connectivity index (χ1v) is 7.17. The number of carboxylic acid groups (broad SMARTS) is 1. The summed E-state index contributed by atoms with van der Waals surface area (Å²) in [5.74, 6) is -1.13. The summed E-state index contributed by atoms with van der Waals surface area (Å²) in [4.78, 5) is 27.3. The molecule has 0 bridgehead atoms. The number of pyridine rings is 1. The number of rotatable bonds is 6. The summed E-state index contributed by atoms with van der Waals surface area (Å²) in [5, 5.41) is 11.6. The molecule has 2 aromatic rings. The van der Waals surface area contributed by atoms with Crippen molar-refractivity contribution < 1.29 is 19.4 Å². The van der Waals surface area contributed by atoms with Gasteiger partial charge in [-0.05, 0) is 24.1 Å². The Morgan fingerprint density at radius 1 is 1.22 bits per heavy atom. The standard InChI is InChI=1S/C17H18N2O4/c1-12-6-5-9-18-14(12)10-15(16(20)21)19-17(22)23-11-13-7-3-2-4-8-13/h2-9,15H,10-11H2,1H3,(H,19,22)(H,20,21)/t15-/m1/s1. The van der Waals surface area contributed by atoms with E-state index in [0.29, 0.717) is 5.69 Å². The van der Waals surface area contributed by atoms with E-state index in [1.54, 1.807) is 12.3 Å². The smallest absolute Gasteiger partial charge is 0.408 e. The first-order chi connectivity index (χ1) is 11.1. The first kappa shape index (κ1) is 16.5. The predicted octanol–water partition coefficient (Wildman–Crippen LogP) is 2.31. The van der Waals surface area contributed by atoms with E-state index in [9.17, 15) is 14.7 Å². The van der Waals surface area contributed by atoms with Crippen LogP contribution in [0.2, 0.25) is 0 Å². The van der Waals surface area contributed by atoms with Gasteiger partial charge < -0.3 is 15.2 Å². The fraction of sp³-hybridized carbons (Fsp3) is 0.235. The lowest BCUT2D eigenvalue weighted by molar-refractivity contribution is -0.139. The zero-order valence-corrected chi connectivity index (χ0v) is 12.7. The van der Waals surface area contributed by atoms with Crippen molar-refractivity contribution in [3.05, 3.63) is 65.5 Å². The fourth-order valence-electron chi connectivity index (χ4n) is 2.03. The molecule has 2 N–H and O–H groups in total. The number of benzene rings is 1. The molecule has 6 heteroatoms. The van der Waals surface area contributed by atoms with E-state index in [-0.39, 0.29) is 13.0 Å².